The lowest BCUT2D eigenvalue weighted by atomic mass is 10.1. The number of hydrogen-bond acceptors (Lipinski definition) is 5. The predicted molar refractivity (Wildman–Crippen MR) is 112 cm³/mol. The Morgan fingerprint density at radius 1 is 1.00 bits per heavy atom. The Morgan fingerprint density at radius 3 is 2.62 bits per heavy atom. The van der Waals surface area contributed by atoms with Crippen molar-refractivity contribution in [2.24, 2.45) is 0 Å². The smallest absolute Gasteiger partial charge is 0.259 e. The number of nitrogens with one attached hydrogen (secondary N) is 1. The van der Waals surface area contributed by atoms with Gasteiger partial charge in [0.2, 0.25) is 5.89 Å². The Labute approximate surface area is 168 Å². The van der Waals surface area contributed by atoms with E-state index in [1.165, 1.54) is 0 Å². The predicted octanol–water partition coefficient (Wildman–Crippen LogP) is 5.07. The molecule has 146 valence electrons. The molecule has 0 radical (unpaired) electrons. The number of methoxy groups -OCH3 is 2. The number of anilines is 1. The van der Waals surface area contributed by atoms with Gasteiger partial charge in [0, 0.05) is 17.3 Å². The highest BCUT2D eigenvalue weighted by Crippen LogP contribution is 2.29. The maximum Gasteiger partial charge on any atom is 0.259 e. The lowest BCUT2D eigenvalue weighted by molar-refractivity contribution is 0.102. The lowest BCUT2D eigenvalue weighted by Crippen LogP contribution is -2.13. The maximum absolute atomic E-state index is 12.8. The second-order valence-corrected chi connectivity index (χ2v) is 6.54. The number of para-hydroxylation sites is 1. The SMILES string of the molecule is COc1ccc2oc(-c3cccc(NC(=O)c4cccc(C)c4OC)c3)nc2c1. The standard InChI is InChI=1S/C23H20N2O4/c1-14-6-4-9-18(21(14)28-3)22(26)24-16-8-5-7-15(12-16)23-25-19-13-17(27-2)10-11-20(19)29-23/h4-13H,1-3H3,(H,24,26). The number of ether oxygens (including phenoxy) is 2. The lowest BCUT2D eigenvalue weighted by Gasteiger charge is -2.11. The van der Waals surface area contributed by atoms with E-state index >= 15 is 0 Å². The van der Waals surface area contributed by atoms with Crippen molar-refractivity contribution in [2.45, 2.75) is 6.92 Å². The summed E-state index contributed by atoms with van der Waals surface area (Å²) in [6, 6.07) is 18.3. The third kappa shape index (κ3) is 3.65. The fourth-order valence-electron chi connectivity index (χ4n) is 3.19. The van der Waals surface area contributed by atoms with Gasteiger partial charge in [-0.1, -0.05) is 18.2 Å². The molecule has 1 amide bonds. The van der Waals surface area contributed by atoms with Crippen LogP contribution in [0.4, 0.5) is 5.69 Å². The van der Waals surface area contributed by atoms with Gasteiger partial charge in [-0.05, 0) is 48.9 Å². The molecule has 0 aliphatic rings. The first-order valence-electron chi connectivity index (χ1n) is 9.09. The quantitative estimate of drug-likeness (QED) is 0.516. The summed E-state index contributed by atoms with van der Waals surface area (Å²) in [5.41, 5.74) is 4.14. The molecule has 0 spiro atoms. The Bertz CT molecular complexity index is 1200. The zero-order valence-corrected chi connectivity index (χ0v) is 16.4. The Kier molecular flexibility index (Phi) is 4.91. The van der Waals surface area contributed by atoms with Crippen LogP contribution in [0, 0.1) is 6.92 Å². The van der Waals surface area contributed by atoms with Crippen LogP contribution in [0.1, 0.15) is 15.9 Å². The van der Waals surface area contributed by atoms with Crippen LogP contribution in [0.15, 0.2) is 65.1 Å². The molecule has 1 heterocycles. The van der Waals surface area contributed by atoms with E-state index in [1.54, 1.807) is 20.3 Å². The van der Waals surface area contributed by atoms with Crippen molar-refractivity contribution in [1.29, 1.82) is 0 Å². The highest BCUT2D eigenvalue weighted by atomic mass is 16.5. The molecule has 0 aliphatic carbocycles. The van der Waals surface area contributed by atoms with Crippen LogP contribution in [-0.2, 0) is 0 Å². The summed E-state index contributed by atoms with van der Waals surface area (Å²) in [7, 11) is 3.17. The average Bonchev–Trinajstić information content (AvgIpc) is 3.17. The molecule has 4 aromatic rings. The van der Waals surface area contributed by atoms with Gasteiger partial charge in [0.15, 0.2) is 5.58 Å². The maximum atomic E-state index is 12.8. The molecular formula is C23H20N2O4. The molecule has 0 unspecified atom stereocenters. The summed E-state index contributed by atoms with van der Waals surface area (Å²) in [6.45, 7) is 1.90. The van der Waals surface area contributed by atoms with Gasteiger partial charge in [0.05, 0.1) is 19.8 Å². The van der Waals surface area contributed by atoms with Crippen molar-refractivity contribution in [2.75, 3.05) is 19.5 Å². The number of hydrogen-bond donors (Lipinski definition) is 1. The van der Waals surface area contributed by atoms with E-state index in [9.17, 15) is 4.79 Å². The summed E-state index contributed by atoms with van der Waals surface area (Å²) in [4.78, 5) is 17.3. The summed E-state index contributed by atoms with van der Waals surface area (Å²) < 4.78 is 16.5. The van der Waals surface area contributed by atoms with Crippen molar-refractivity contribution in [1.82, 2.24) is 4.98 Å². The minimum atomic E-state index is -0.245. The number of nitrogens with zero attached hydrogens (tertiary/aromatic N) is 1. The third-order valence-electron chi connectivity index (χ3n) is 4.62. The fraction of sp³-hybridized carbons (Fsp3) is 0.130. The molecular weight excluding hydrogens is 368 g/mol. The minimum absolute atomic E-state index is 0.245. The number of aromatic nitrogens is 1. The zero-order chi connectivity index (χ0) is 20.4. The summed E-state index contributed by atoms with van der Waals surface area (Å²) in [5.74, 6) is 1.50. The molecule has 1 N–H and O–H groups in total. The third-order valence-corrected chi connectivity index (χ3v) is 4.62. The topological polar surface area (TPSA) is 73.6 Å². The highest BCUT2D eigenvalue weighted by molar-refractivity contribution is 6.06. The number of aryl methyl sites for hydroxylation is 1. The summed E-state index contributed by atoms with van der Waals surface area (Å²) >= 11 is 0. The zero-order valence-electron chi connectivity index (χ0n) is 16.4. The molecule has 6 nitrogen and oxygen atoms in total. The van der Waals surface area contributed by atoms with Crippen LogP contribution in [0.3, 0.4) is 0 Å². The van der Waals surface area contributed by atoms with E-state index in [0.29, 0.717) is 39.7 Å². The second kappa shape index (κ2) is 7.67. The fourth-order valence-corrected chi connectivity index (χ4v) is 3.19. The van der Waals surface area contributed by atoms with Crippen LogP contribution >= 0.6 is 0 Å². The summed E-state index contributed by atoms with van der Waals surface area (Å²) in [6.07, 6.45) is 0. The van der Waals surface area contributed by atoms with Gasteiger partial charge < -0.3 is 19.2 Å². The average molecular weight is 388 g/mol. The molecule has 6 heteroatoms. The van der Waals surface area contributed by atoms with Crippen LogP contribution < -0.4 is 14.8 Å². The van der Waals surface area contributed by atoms with Gasteiger partial charge >= 0.3 is 0 Å². The van der Waals surface area contributed by atoms with Crippen molar-refractivity contribution in [3.63, 3.8) is 0 Å². The first-order valence-corrected chi connectivity index (χ1v) is 9.09. The largest absolute Gasteiger partial charge is 0.497 e. The van der Waals surface area contributed by atoms with Crippen LogP contribution in [-0.4, -0.2) is 25.1 Å². The molecule has 1 aromatic heterocycles. The second-order valence-electron chi connectivity index (χ2n) is 6.54. The molecule has 4 rings (SSSR count). The minimum Gasteiger partial charge on any atom is -0.497 e. The first kappa shape index (κ1) is 18.6. The van der Waals surface area contributed by atoms with Crippen molar-refractivity contribution in [3.8, 4) is 23.0 Å². The van der Waals surface area contributed by atoms with Gasteiger partial charge in [0.1, 0.15) is 17.0 Å². The van der Waals surface area contributed by atoms with Crippen molar-refractivity contribution in [3.05, 3.63) is 71.8 Å². The number of benzene rings is 3. The molecule has 0 saturated heterocycles. The van der Waals surface area contributed by atoms with Gasteiger partial charge in [-0.2, -0.15) is 0 Å². The number of fused-ring (bicyclic) bond motifs is 1. The van der Waals surface area contributed by atoms with E-state index in [0.717, 1.165) is 11.1 Å². The van der Waals surface area contributed by atoms with Crippen LogP contribution in [0.2, 0.25) is 0 Å². The van der Waals surface area contributed by atoms with Gasteiger partial charge in [-0.15, -0.1) is 0 Å². The molecule has 29 heavy (non-hydrogen) atoms. The molecule has 3 aromatic carbocycles. The van der Waals surface area contributed by atoms with Gasteiger partial charge in [-0.3, -0.25) is 4.79 Å². The molecule has 0 atom stereocenters. The molecule has 0 aliphatic heterocycles. The Balaban J connectivity index is 1.63. The first-order chi connectivity index (χ1) is 14.1. The van der Waals surface area contributed by atoms with Crippen molar-refractivity contribution < 1.29 is 18.7 Å². The number of oxazole rings is 1. The Hall–Kier alpha value is -3.80. The Morgan fingerprint density at radius 2 is 1.83 bits per heavy atom. The molecule has 0 saturated carbocycles. The number of amides is 1. The summed E-state index contributed by atoms with van der Waals surface area (Å²) in [5, 5.41) is 2.91. The van der Waals surface area contributed by atoms with E-state index in [1.807, 2.05) is 61.5 Å². The van der Waals surface area contributed by atoms with Gasteiger partial charge in [-0.25, -0.2) is 4.98 Å². The molecule has 0 bridgehead atoms. The van der Waals surface area contributed by atoms with E-state index in [4.69, 9.17) is 13.9 Å². The molecule has 0 fully saturated rings. The van der Waals surface area contributed by atoms with E-state index in [-0.39, 0.29) is 5.91 Å². The normalized spacial score (nSPS) is 10.7. The van der Waals surface area contributed by atoms with E-state index in [2.05, 4.69) is 10.3 Å². The van der Waals surface area contributed by atoms with Crippen LogP contribution in [0.5, 0.6) is 11.5 Å². The van der Waals surface area contributed by atoms with Gasteiger partial charge in [0.25, 0.3) is 5.91 Å². The van der Waals surface area contributed by atoms with Crippen LogP contribution in [0.25, 0.3) is 22.6 Å². The van der Waals surface area contributed by atoms with Crippen molar-refractivity contribution >= 4 is 22.7 Å². The monoisotopic (exact) mass is 388 g/mol. The van der Waals surface area contributed by atoms with E-state index < -0.39 is 0 Å². The number of rotatable bonds is 5. The number of carbonyl (C=O) groups is 1. The highest BCUT2D eigenvalue weighted by Gasteiger charge is 2.15. The number of carbonyl (C=O) groups excluding carboxylic acids is 1.